The maximum absolute atomic E-state index is 8.93. The lowest BCUT2D eigenvalue weighted by atomic mass is 10.1. The number of rotatable bonds is 5. The van der Waals surface area contributed by atoms with Gasteiger partial charge in [0.05, 0.1) is 23.9 Å². The van der Waals surface area contributed by atoms with E-state index in [2.05, 4.69) is 31.0 Å². The van der Waals surface area contributed by atoms with Crippen molar-refractivity contribution >= 4 is 11.3 Å². The first-order valence-corrected chi connectivity index (χ1v) is 6.81. The zero-order valence-electron chi connectivity index (χ0n) is 10.6. The molecule has 0 spiro atoms. The van der Waals surface area contributed by atoms with Gasteiger partial charge in [0.15, 0.2) is 0 Å². The highest BCUT2D eigenvalue weighted by atomic mass is 32.1. The van der Waals surface area contributed by atoms with Crippen LogP contribution in [0.15, 0.2) is 23.6 Å². The molecule has 0 aliphatic rings. The van der Waals surface area contributed by atoms with Crippen LogP contribution in [0, 0.1) is 13.8 Å². The first-order chi connectivity index (χ1) is 8.69. The van der Waals surface area contributed by atoms with Gasteiger partial charge in [0, 0.05) is 11.8 Å². The first-order valence-electron chi connectivity index (χ1n) is 5.93. The predicted octanol–water partition coefficient (Wildman–Crippen LogP) is 2.87. The minimum atomic E-state index is 0.00836. The second kappa shape index (κ2) is 5.98. The summed E-state index contributed by atoms with van der Waals surface area (Å²) in [6.45, 7) is 4.75. The molecule has 1 heterocycles. The Balaban J connectivity index is 1.88. The molecule has 2 aromatic rings. The Labute approximate surface area is 111 Å². The van der Waals surface area contributed by atoms with Gasteiger partial charge in [-0.1, -0.05) is 17.7 Å². The van der Waals surface area contributed by atoms with Crippen molar-refractivity contribution in [1.82, 2.24) is 4.98 Å². The normalized spacial score (nSPS) is 10.6. The largest absolute Gasteiger partial charge is 0.493 e. The van der Waals surface area contributed by atoms with Crippen molar-refractivity contribution in [2.75, 3.05) is 6.61 Å². The van der Waals surface area contributed by atoms with E-state index < -0.39 is 0 Å². The summed E-state index contributed by atoms with van der Waals surface area (Å²) in [5.41, 5.74) is 3.14. The Kier molecular flexibility index (Phi) is 4.33. The monoisotopic (exact) mass is 263 g/mol. The van der Waals surface area contributed by atoms with Crippen molar-refractivity contribution in [3.8, 4) is 5.75 Å². The van der Waals surface area contributed by atoms with E-state index in [0.717, 1.165) is 28.4 Å². The lowest BCUT2D eigenvalue weighted by Crippen LogP contribution is -2.02. The quantitative estimate of drug-likeness (QED) is 0.902. The molecule has 0 aliphatic heterocycles. The number of aliphatic hydroxyl groups is 1. The molecule has 0 saturated heterocycles. The van der Waals surface area contributed by atoms with Gasteiger partial charge in [-0.3, -0.25) is 0 Å². The van der Waals surface area contributed by atoms with Crippen LogP contribution in [-0.2, 0) is 13.0 Å². The van der Waals surface area contributed by atoms with Gasteiger partial charge in [-0.2, -0.15) is 0 Å². The summed E-state index contributed by atoms with van der Waals surface area (Å²) in [5, 5.41) is 11.8. The third-order valence-corrected chi connectivity index (χ3v) is 3.62. The second-order valence-corrected chi connectivity index (χ2v) is 5.20. The van der Waals surface area contributed by atoms with Crippen molar-refractivity contribution < 1.29 is 9.84 Å². The van der Waals surface area contributed by atoms with Gasteiger partial charge in [-0.15, -0.1) is 11.3 Å². The Bertz CT molecular complexity index is 522. The zero-order valence-corrected chi connectivity index (χ0v) is 11.5. The van der Waals surface area contributed by atoms with Gasteiger partial charge in [-0.25, -0.2) is 4.98 Å². The molecule has 0 aliphatic carbocycles. The summed E-state index contributed by atoms with van der Waals surface area (Å²) in [6, 6.07) is 6.17. The van der Waals surface area contributed by atoms with Crippen LogP contribution in [0.2, 0.25) is 0 Å². The molecule has 1 aromatic carbocycles. The van der Waals surface area contributed by atoms with E-state index in [1.54, 1.807) is 11.3 Å². The molecule has 0 atom stereocenters. The van der Waals surface area contributed by atoms with Gasteiger partial charge in [0.1, 0.15) is 5.75 Å². The fourth-order valence-corrected chi connectivity index (χ4v) is 2.52. The molecule has 0 saturated carbocycles. The first kappa shape index (κ1) is 13.1. The van der Waals surface area contributed by atoms with Crippen molar-refractivity contribution in [3.05, 3.63) is 45.4 Å². The third-order valence-electron chi connectivity index (χ3n) is 2.67. The molecule has 2 rings (SSSR count). The number of nitrogens with zero attached hydrogens (tertiary/aromatic N) is 1. The number of hydrogen-bond acceptors (Lipinski definition) is 4. The topological polar surface area (TPSA) is 42.4 Å². The molecule has 1 aromatic heterocycles. The highest BCUT2D eigenvalue weighted by molar-refractivity contribution is 7.09. The van der Waals surface area contributed by atoms with Gasteiger partial charge in [0.25, 0.3) is 0 Å². The lowest BCUT2D eigenvalue weighted by Gasteiger charge is -2.08. The molecule has 4 heteroatoms. The molecule has 0 radical (unpaired) electrons. The van der Waals surface area contributed by atoms with Crippen molar-refractivity contribution in [2.24, 2.45) is 0 Å². The Hall–Kier alpha value is -1.39. The van der Waals surface area contributed by atoms with Crippen LogP contribution < -0.4 is 4.74 Å². The van der Waals surface area contributed by atoms with E-state index in [0.29, 0.717) is 6.61 Å². The van der Waals surface area contributed by atoms with Crippen LogP contribution in [0.5, 0.6) is 5.75 Å². The smallest absolute Gasteiger partial charge is 0.122 e. The molecule has 0 unspecified atom stereocenters. The maximum Gasteiger partial charge on any atom is 0.122 e. The number of benzene rings is 1. The van der Waals surface area contributed by atoms with Crippen molar-refractivity contribution in [3.63, 3.8) is 0 Å². The minimum absolute atomic E-state index is 0.00836. The summed E-state index contributed by atoms with van der Waals surface area (Å²) in [7, 11) is 0. The SMILES string of the molecule is Cc1ccc(OCCc2nc(CO)cs2)c(C)c1. The van der Waals surface area contributed by atoms with Crippen LogP contribution >= 0.6 is 11.3 Å². The fraction of sp³-hybridized carbons (Fsp3) is 0.357. The average molecular weight is 263 g/mol. The Morgan fingerprint density at radius 1 is 1.33 bits per heavy atom. The number of aliphatic hydroxyl groups excluding tert-OH is 1. The molecule has 0 fully saturated rings. The number of ether oxygens (including phenoxy) is 1. The van der Waals surface area contributed by atoms with Crippen LogP contribution in [-0.4, -0.2) is 16.7 Å². The molecular weight excluding hydrogens is 246 g/mol. The van der Waals surface area contributed by atoms with E-state index in [4.69, 9.17) is 9.84 Å². The van der Waals surface area contributed by atoms with E-state index in [1.807, 2.05) is 11.4 Å². The molecule has 96 valence electrons. The van der Waals surface area contributed by atoms with Crippen molar-refractivity contribution in [1.29, 1.82) is 0 Å². The van der Waals surface area contributed by atoms with E-state index in [1.165, 1.54) is 5.56 Å². The molecular formula is C14H17NO2S. The van der Waals surface area contributed by atoms with Gasteiger partial charge in [0.2, 0.25) is 0 Å². The van der Waals surface area contributed by atoms with E-state index in [-0.39, 0.29) is 6.61 Å². The Morgan fingerprint density at radius 3 is 2.83 bits per heavy atom. The second-order valence-electron chi connectivity index (χ2n) is 4.26. The number of hydrogen-bond donors (Lipinski definition) is 1. The summed E-state index contributed by atoms with van der Waals surface area (Å²) >= 11 is 1.56. The van der Waals surface area contributed by atoms with Crippen LogP contribution in [0.3, 0.4) is 0 Å². The summed E-state index contributed by atoms with van der Waals surface area (Å²) in [4.78, 5) is 4.28. The lowest BCUT2D eigenvalue weighted by molar-refractivity contribution is 0.277. The molecule has 3 nitrogen and oxygen atoms in total. The number of aryl methyl sites for hydroxylation is 2. The summed E-state index contributed by atoms with van der Waals surface area (Å²) < 4.78 is 5.74. The third kappa shape index (κ3) is 3.31. The zero-order chi connectivity index (χ0) is 13.0. The van der Waals surface area contributed by atoms with Crippen LogP contribution in [0.4, 0.5) is 0 Å². The number of thiazole rings is 1. The van der Waals surface area contributed by atoms with Crippen LogP contribution in [0.1, 0.15) is 21.8 Å². The van der Waals surface area contributed by atoms with Gasteiger partial charge < -0.3 is 9.84 Å². The maximum atomic E-state index is 8.93. The van der Waals surface area contributed by atoms with Gasteiger partial charge in [-0.05, 0) is 25.5 Å². The average Bonchev–Trinajstić information content (AvgIpc) is 2.80. The van der Waals surface area contributed by atoms with Crippen LogP contribution in [0.25, 0.3) is 0 Å². The fourth-order valence-electron chi connectivity index (χ4n) is 1.75. The summed E-state index contributed by atoms with van der Waals surface area (Å²) in [5.74, 6) is 0.930. The van der Waals surface area contributed by atoms with E-state index in [9.17, 15) is 0 Å². The standard InChI is InChI=1S/C14H17NO2S/c1-10-3-4-13(11(2)7-10)17-6-5-14-15-12(8-16)9-18-14/h3-4,7,9,16H,5-6,8H2,1-2H3. The van der Waals surface area contributed by atoms with Gasteiger partial charge >= 0.3 is 0 Å². The molecule has 0 amide bonds. The Morgan fingerprint density at radius 2 is 2.17 bits per heavy atom. The highest BCUT2D eigenvalue weighted by Crippen LogP contribution is 2.19. The molecule has 18 heavy (non-hydrogen) atoms. The minimum Gasteiger partial charge on any atom is -0.493 e. The molecule has 1 N–H and O–H groups in total. The molecule has 0 bridgehead atoms. The van der Waals surface area contributed by atoms with Crippen molar-refractivity contribution in [2.45, 2.75) is 26.9 Å². The highest BCUT2D eigenvalue weighted by Gasteiger charge is 2.03. The van der Waals surface area contributed by atoms with E-state index >= 15 is 0 Å². The number of aromatic nitrogens is 1. The summed E-state index contributed by atoms with van der Waals surface area (Å²) in [6.07, 6.45) is 0.776. The predicted molar refractivity (Wildman–Crippen MR) is 73.2 cm³/mol.